The summed E-state index contributed by atoms with van der Waals surface area (Å²) >= 11 is 3.48. The number of fused-ring (bicyclic) bond motifs is 1. The zero-order valence-corrected chi connectivity index (χ0v) is 23.9. The normalized spacial score (nSPS) is 14.6. The van der Waals surface area contributed by atoms with Crippen LogP contribution in [0, 0.1) is 0 Å². The monoisotopic (exact) mass is 596 g/mol. The highest BCUT2D eigenvalue weighted by atomic mass is 79.9. The van der Waals surface area contributed by atoms with Crippen LogP contribution in [-0.4, -0.2) is 84.1 Å². The molecule has 0 unspecified atom stereocenters. The average Bonchev–Trinajstić information content (AvgIpc) is 2.89. The Morgan fingerprint density at radius 1 is 1.10 bits per heavy atom. The first-order chi connectivity index (χ1) is 18.8. The molecule has 1 aromatic heterocycles. The third kappa shape index (κ3) is 8.22. The minimum atomic E-state index is -0.263. The summed E-state index contributed by atoms with van der Waals surface area (Å²) in [6.07, 6.45) is 4.75. The van der Waals surface area contributed by atoms with Crippen molar-refractivity contribution in [2.45, 2.75) is 20.0 Å². The second-order valence-corrected chi connectivity index (χ2v) is 10.3. The SMILES string of the molecule is COc1cc2ncnc(Nc3cccc(Br)c3)c2cc1NC(=O)C=CCN1CCN(CC(=O)OC(C)C)CC1. The fourth-order valence-electron chi connectivity index (χ4n) is 4.25. The number of nitrogens with one attached hydrogen (secondary N) is 2. The molecule has 1 saturated heterocycles. The molecule has 0 radical (unpaired) electrons. The van der Waals surface area contributed by atoms with Gasteiger partial charge >= 0.3 is 5.97 Å². The van der Waals surface area contributed by atoms with E-state index in [0.29, 0.717) is 35.9 Å². The van der Waals surface area contributed by atoms with Crippen molar-refractivity contribution >= 4 is 55.9 Å². The first-order valence-electron chi connectivity index (χ1n) is 12.8. The fourth-order valence-corrected chi connectivity index (χ4v) is 4.65. The van der Waals surface area contributed by atoms with Gasteiger partial charge in [0.1, 0.15) is 17.9 Å². The van der Waals surface area contributed by atoms with Crippen LogP contribution in [0.3, 0.4) is 0 Å². The number of benzene rings is 2. The molecule has 1 aliphatic heterocycles. The van der Waals surface area contributed by atoms with E-state index in [9.17, 15) is 9.59 Å². The topological polar surface area (TPSA) is 109 Å². The molecule has 0 atom stereocenters. The number of carbonyl (C=O) groups excluding carboxylic acids is 2. The molecule has 3 aromatic rings. The van der Waals surface area contributed by atoms with Gasteiger partial charge < -0.3 is 20.1 Å². The number of anilines is 3. The quantitative estimate of drug-likeness (QED) is 0.263. The number of aromatic nitrogens is 2. The van der Waals surface area contributed by atoms with E-state index < -0.39 is 0 Å². The third-order valence-corrected chi connectivity index (χ3v) is 6.61. The largest absolute Gasteiger partial charge is 0.494 e. The van der Waals surface area contributed by atoms with Gasteiger partial charge in [0.15, 0.2) is 0 Å². The predicted molar refractivity (Wildman–Crippen MR) is 155 cm³/mol. The van der Waals surface area contributed by atoms with Crippen molar-refractivity contribution < 1.29 is 19.1 Å². The molecule has 0 saturated carbocycles. The molecule has 1 fully saturated rings. The average molecular weight is 598 g/mol. The maximum Gasteiger partial charge on any atom is 0.320 e. The van der Waals surface area contributed by atoms with Gasteiger partial charge in [0.05, 0.1) is 31.0 Å². The van der Waals surface area contributed by atoms with Gasteiger partial charge in [-0.25, -0.2) is 9.97 Å². The van der Waals surface area contributed by atoms with Crippen LogP contribution >= 0.6 is 15.9 Å². The van der Waals surface area contributed by atoms with Crippen molar-refractivity contribution in [1.29, 1.82) is 0 Å². The molecule has 2 N–H and O–H groups in total. The van der Waals surface area contributed by atoms with E-state index in [-0.39, 0.29) is 18.0 Å². The maximum atomic E-state index is 12.7. The summed E-state index contributed by atoms with van der Waals surface area (Å²) < 4.78 is 11.7. The molecule has 0 spiro atoms. The highest BCUT2D eigenvalue weighted by molar-refractivity contribution is 9.10. The number of hydrogen-bond acceptors (Lipinski definition) is 9. The zero-order valence-electron chi connectivity index (χ0n) is 22.3. The van der Waals surface area contributed by atoms with Gasteiger partial charge in [0, 0.05) is 60.4 Å². The van der Waals surface area contributed by atoms with Crippen molar-refractivity contribution in [2.75, 3.05) is 57.0 Å². The van der Waals surface area contributed by atoms with Gasteiger partial charge in [0.2, 0.25) is 5.91 Å². The Kier molecular flexibility index (Phi) is 9.85. The van der Waals surface area contributed by atoms with Crippen LogP contribution in [0.4, 0.5) is 17.2 Å². The van der Waals surface area contributed by atoms with E-state index in [0.717, 1.165) is 41.7 Å². The minimum Gasteiger partial charge on any atom is -0.494 e. The Hall–Kier alpha value is -3.54. The van der Waals surface area contributed by atoms with Crippen LogP contribution in [0.25, 0.3) is 10.9 Å². The Balaban J connectivity index is 1.36. The fraction of sp³-hybridized carbons (Fsp3) is 0.357. The van der Waals surface area contributed by atoms with E-state index in [2.05, 4.69) is 46.3 Å². The molecule has 0 aliphatic carbocycles. The van der Waals surface area contributed by atoms with Crippen molar-refractivity contribution in [3.63, 3.8) is 0 Å². The molecule has 1 aliphatic rings. The highest BCUT2D eigenvalue weighted by Crippen LogP contribution is 2.33. The molecule has 4 rings (SSSR count). The van der Waals surface area contributed by atoms with Crippen molar-refractivity contribution in [2.24, 2.45) is 0 Å². The number of nitrogens with zero attached hydrogens (tertiary/aromatic N) is 4. The lowest BCUT2D eigenvalue weighted by Crippen LogP contribution is -2.48. The van der Waals surface area contributed by atoms with E-state index in [1.165, 1.54) is 12.4 Å². The highest BCUT2D eigenvalue weighted by Gasteiger charge is 2.19. The number of ether oxygens (including phenoxy) is 2. The van der Waals surface area contributed by atoms with Gasteiger partial charge in [-0.1, -0.05) is 28.1 Å². The Labute approximate surface area is 236 Å². The van der Waals surface area contributed by atoms with Gasteiger partial charge in [-0.3, -0.25) is 19.4 Å². The molecule has 206 valence electrons. The van der Waals surface area contributed by atoms with E-state index in [4.69, 9.17) is 9.47 Å². The molecule has 2 aromatic carbocycles. The van der Waals surface area contributed by atoms with Crippen LogP contribution in [-0.2, 0) is 14.3 Å². The smallest absolute Gasteiger partial charge is 0.320 e. The van der Waals surface area contributed by atoms with E-state index in [1.54, 1.807) is 13.2 Å². The molecule has 1 amide bonds. The second kappa shape index (κ2) is 13.5. The number of carbonyl (C=O) groups is 2. The second-order valence-electron chi connectivity index (χ2n) is 9.43. The number of hydrogen-bond donors (Lipinski definition) is 2. The molecule has 0 bridgehead atoms. The lowest BCUT2D eigenvalue weighted by atomic mass is 10.1. The van der Waals surface area contributed by atoms with Crippen molar-refractivity contribution in [1.82, 2.24) is 19.8 Å². The molecule has 39 heavy (non-hydrogen) atoms. The van der Waals surface area contributed by atoms with Crippen LogP contribution in [0.2, 0.25) is 0 Å². The van der Waals surface area contributed by atoms with Gasteiger partial charge in [-0.05, 0) is 38.1 Å². The Bertz CT molecular complexity index is 1340. The molecule has 2 heterocycles. The van der Waals surface area contributed by atoms with Crippen LogP contribution in [0.15, 0.2) is 59.4 Å². The summed E-state index contributed by atoms with van der Waals surface area (Å²) in [4.78, 5) is 37.7. The van der Waals surface area contributed by atoms with Gasteiger partial charge in [-0.2, -0.15) is 0 Å². The lowest BCUT2D eigenvalue weighted by Gasteiger charge is -2.33. The molecule has 10 nitrogen and oxygen atoms in total. The summed E-state index contributed by atoms with van der Waals surface area (Å²) in [6, 6.07) is 11.4. The summed E-state index contributed by atoms with van der Waals surface area (Å²) in [5.41, 5.74) is 2.07. The third-order valence-electron chi connectivity index (χ3n) is 6.12. The standard InChI is InChI=1S/C28H33BrN6O4/c1-19(2)39-27(37)17-35-12-10-34(11-13-35)9-5-8-26(36)33-24-15-22-23(16-25(24)38-3)30-18-31-28(22)32-21-7-4-6-20(29)14-21/h4-8,14-16,18-19H,9-13,17H2,1-3H3,(H,33,36)(H,30,31,32). The van der Waals surface area contributed by atoms with Gasteiger partial charge in [-0.15, -0.1) is 0 Å². The Morgan fingerprint density at radius 3 is 2.59 bits per heavy atom. The summed E-state index contributed by atoms with van der Waals surface area (Å²) in [6.45, 7) is 7.83. The molecular weight excluding hydrogens is 564 g/mol. The van der Waals surface area contributed by atoms with Crippen molar-refractivity contribution in [3.05, 3.63) is 59.4 Å². The van der Waals surface area contributed by atoms with Crippen LogP contribution < -0.4 is 15.4 Å². The number of piperazine rings is 1. The number of methoxy groups -OCH3 is 1. The number of rotatable bonds is 10. The number of esters is 1. The molecular formula is C28H33BrN6O4. The minimum absolute atomic E-state index is 0.103. The van der Waals surface area contributed by atoms with Crippen molar-refractivity contribution in [3.8, 4) is 5.75 Å². The number of amides is 1. The first-order valence-corrected chi connectivity index (χ1v) is 13.6. The predicted octanol–water partition coefficient (Wildman–Crippen LogP) is 4.21. The maximum absolute atomic E-state index is 12.7. The number of halogens is 1. The Morgan fingerprint density at radius 2 is 1.87 bits per heavy atom. The zero-order chi connectivity index (χ0) is 27.8. The first kappa shape index (κ1) is 28.5. The summed E-state index contributed by atoms with van der Waals surface area (Å²) in [5, 5.41) is 6.97. The van der Waals surface area contributed by atoms with E-state index in [1.807, 2.05) is 50.3 Å². The van der Waals surface area contributed by atoms with Gasteiger partial charge in [0.25, 0.3) is 0 Å². The lowest BCUT2D eigenvalue weighted by molar-refractivity contribution is -0.149. The van der Waals surface area contributed by atoms with Crippen LogP contribution in [0.5, 0.6) is 5.75 Å². The molecule has 11 heteroatoms. The van der Waals surface area contributed by atoms with Crippen LogP contribution in [0.1, 0.15) is 13.8 Å². The summed E-state index contributed by atoms with van der Waals surface area (Å²) in [5.74, 6) is 0.662. The summed E-state index contributed by atoms with van der Waals surface area (Å²) in [7, 11) is 1.55. The van der Waals surface area contributed by atoms with E-state index >= 15 is 0 Å².